The molecule has 1 aliphatic rings. The number of methoxy groups -OCH3 is 1. The van der Waals surface area contributed by atoms with Crippen molar-refractivity contribution in [2.45, 2.75) is 6.54 Å². The van der Waals surface area contributed by atoms with Crippen LogP contribution in [0.15, 0.2) is 54.0 Å². The third kappa shape index (κ3) is 3.64. The van der Waals surface area contributed by atoms with E-state index in [0.29, 0.717) is 16.9 Å². The lowest BCUT2D eigenvalue weighted by Gasteiger charge is -2.15. The van der Waals surface area contributed by atoms with Gasteiger partial charge in [-0.1, -0.05) is 6.07 Å². The minimum Gasteiger partial charge on any atom is -0.504 e. The number of allylic oxidation sites excluding steroid dienone is 4. The molecule has 0 spiro atoms. The van der Waals surface area contributed by atoms with Gasteiger partial charge in [-0.15, -0.1) is 0 Å². The fourth-order valence-electron chi connectivity index (χ4n) is 1.84. The SMILES string of the molecule is COc1cc(CN(O)C=C2C=CC(=O)C(O)=C2)ccc1O. The van der Waals surface area contributed by atoms with Crippen LogP contribution >= 0.6 is 0 Å². The molecular formula is C15H15NO5. The Morgan fingerprint density at radius 2 is 2.05 bits per heavy atom. The van der Waals surface area contributed by atoms with Crippen molar-refractivity contribution in [3.8, 4) is 11.5 Å². The van der Waals surface area contributed by atoms with Crippen LogP contribution < -0.4 is 4.74 Å². The Kier molecular flexibility index (Phi) is 4.30. The van der Waals surface area contributed by atoms with E-state index in [4.69, 9.17) is 4.74 Å². The third-order valence-corrected chi connectivity index (χ3v) is 2.87. The summed E-state index contributed by atoms with van der Waals surface area (Å²) in [5.41, 5.74) is 1.20. The van der Waals surface area contributed by atoms with E-state index in [1.807, 2.05) is 0 Å². The molecule has 1 aromatic carbocycles. The van der Waals surface area contributed by atoms with Gasteiger partial charge in [0.15, 0.2) is 17.3 Å². The van der Waals surface area contributed by atoms with E-state index in [9.17, 15) is 20.2 Å². The van der Waals surface area contributed by atoms with E-state index in [0.717, 1.165) is 5.06 Å². The number of phenolic OH excluding ortho intramolecular Hbond substituents is 1. The molecule has 21 heavy (non-hydrogen) atoms. The number of ketones is 1. The predicted octanol–water partition coefficient (Wildman–Crippen LogP) is 2.06. The molecular weight excluding hydrogens is 274 g/mol. The van der Waals surface area contributed by atoms with E-state index in [2.05, 4.69) is 0 Å². The molecule has 6 nitrogen and oxygen atoms in total. The molecule has 1 aliphatic carbocycles. The minimum absolute atomic E-state index is 0.0191. The van der Waals surface area contributed by atoms with E-state index < -0.39 is 5.78 Å². The number of nitrogens with zero attached hydrogens (tertiary/aromatic N) is 1. The van der Waals surface area contributed by atoms with Gasteiger partial charge in [-0.05, 0) is 41.5 Å². The number of carbonyl (C=O) groups excluding carboxylic acids is 1. The van der Waals surface area contributed by atoms with Gasteiger partial charge in [0.05, 0.1) is 13.7 Å². The number of hydrogen-bond acceptors (Lipinski definition) is 6. The number of hydrogen-bond donors (Lipinski definition) is 3. The highest BCUT2D eigenvalue weighted by Gasteiger charge is 2.10. The molecule has 0 amide bonds. The van der Waals surface area contributed by atoms with Gasteiger partial charge in [0, 0.05) is 6.20 Å². The Labute approximate surface area is 121 Å². The average Bonchev–Trinajstić information content (AvgIpc) is 2.45. The number of aliphatic hydroxyl groups is 1. The van der Waals surface area contributed by atoms with Crippen molar-refractivity contribution in [2.24, 2.45) is 0 Å². The van der Waals surface area contributed by atoms with E-state index in [1.165, 1.54) is 37.6 Å². The van der Waals surface area contributed by atoms with Gasteiger partial charge in [0.25, 0.3) is 0 Å². The van der Waals surface area contributed by atoms with E-state index >= 15 is 0 Å². The van der Waals surface area contributed by atoms with Crippen molar-refractivity contribution in [2.75, 3.05) is 7.11 Å². The topological polar surface area (TPSA) is 90.2 Å². The molecule has 0 bridgehead atoms. The molecule has 1 aromatic rings. The van der Waals surface area contributed by atoms with Gasteiger partial charge in [-0.25, -0.2) is 0 Å². The molecule has 110 valence electrons. The lowest BCUT2D eigenvalue weighted by Crippen LogP contribution is -2.13. The van der Waals surface area contributed by atoms with Crippen molar-refractivity contribution in [1.82, 2.24) is 5.06 Å². The van der Waals surface area contributed by atoms with Crippen LogP contribution in [0.2, 0.25) is 0 Å². The van der Waals surface area contributed by atoms with Crippen LogP contribution in [0.25, 0.3) is 0 Å². The van der Waals surface area contributed by atoms with Crippen LogP contribution in [0.3, 0.4) is 0 Å². The minimum atomic E-state index is -0.472. The Morgan fingerprint density at radius 1 is 1.29 bits per heavy atom. The lowest BCUT2D eigenvalue weighted by molar-refractivity contribution is -0.113. The maximum atomic E-state index is 11.1. The number of phenols is 1. The Balaban J connectivity index is 2.10. The Morgan fingerprint density at radius 3 is 2.71 bits per heavy atom. The summed E-state index contributed by atoms with van der Waals surface area (Å²) < 4.78 is 4.99. The Hall–Kier alpha value is -2.73. The maximum Gasteiger partial charge on any atom is 0.220 e. The summed E-state index contributed by atoms with van der Waals surface area (Å²) >= 11 is 0. The number of aromatic hydroxyl groups is 1. The molecule has 0 unspecified atom stereocenters. The standard InChI is InChI=1S/C15H15NO5/c1-21-15-7-11(3-5-13(15)18)9-16(20)8-10-2-4-12(17)14(19)6-10/h2-8,18-20H,9H2,1H3. The first kappa shape index (κ1) is 14.7. The van der Waals surface area contributed by atoms with E-state index in [-0.39, 0.29) is 18.1 Å². The van der Waals surface area contributed by atoms with Gasteiger partial charge in [-0.2, -0.15) is 0 Å². The number of rotatable bonds is 4. The molecule has 2 rings (SSSR count). The van der Waals surface area contributed by atoms with Gasteiger partial charge < -0.3 is 14.9 Å². The van der Waals surface area contributed by atoms with Crippen LogP contribution in [0, 0.1) is 0 Å². The molecule has 0 saturated carbocycles. The quantitative estimate of drug-likeness (QED) is 0.735. The first-order valence-corrected chi connectivity index (χ1v) is 6.16. The number of carbonyl (C=O) groups is 1. The summed E-state index contributed by atoms with van der Waals surface area (Å²) in [6, 6.07) is 4.72. The van der Waals surface area contributed by atoms with Crippen LogP contribution in [0.4, 0.5) is 0 Å². The van der Waals surface area contributed by atoms with Crippen LogP contribution in [0.5, 0.6) is 11.5 Å². The second-order valence-electron chi connectivity index (χ2n) is 4.46. The molecule has 3 N–H and O–H groups in total. The van der Waals surface area contributed by atoms with Crippen molar-refractivity contribution >= 4 is 5.78 Å². The predicted molar refractivity (Wildman–Crippen MR) is 74.9 cm³/mol. The normalized spacial score (nSPS) is 16.0. The van der Waals surface area contributed by atoms with Crippen molar-refractivity contribution < 1.29 is 25.0 Å². The van der Waals surface area contributed by atoms with Crippen LogP contribution in [-0.4, -0.2) is 33.4 Å². The summed E-state index contributed by atoms with van der Waals surface area (Å²) in [6.07, 6.45) is 5.35. The van der Waals surface area contributed by atoms with Crippen molar-refractivity contribution in [1.29, 1.82) is 0 Å². The second-order valence-corrected chi connectivity index (χ2v) is 4.46. The van der Waals surface area contributed by atoms with E-state index in [1.54, 1.807) is 12.1 Å². The van der Waals surface area contributed by atoms with Gasteiger partial charge in [0.1, 0.15) is 0 Å². The summed E-state index contributed by atoms with van der Waals surface area (Å²) in [5, 5.41) is 29.6. The van der Waals surface area contributed by atoms with Crippen LogP contribution in [-0.2, 0) is 11.3 Å². The summed E-state index contributed by atoms with van der Waals surface area (Å²) in [5.74, 6) is -0.511. The summed E-state index contributed by atoms with van der Waals surface area (Å²) in [4.78, 5) is 11.1. The van der Waals surface area contributed by atoms with Gasteiger partial charge in [-0.3, -0.25) is 15.1 Å². The van der Waals surface area contributed by atoms with Crippen LogP contribution in [0.1, 0.15) is 5.56 Å². The number of aliphatic hydroxyl groups excluding tert-OH is 1. The molecule has 0 fully saturated rings. The molecule has 6 heteroatoms. The number of hydroxylamine groups is 2. The highest BCUT2D eigenvalue weighted by Crippen LogP contribution is 2.26. The number of ether oxygens (including phenoxy) is 1. The average molecular weight is 289 g/mol. The summed E-state index contributed by atoms with van der Waals surface area (Å²) in [7, 11) is 1.44. The molecule has 0 aliphatic heterocycles. The lowest BCUT2D eigenvalue weighted by atomic mass is 10.1. The first-order chi connectivity index (χ1) is 9.99. The molecule has 0 saturated heterocycles. The number of benzene rings is 1. The fourth-order valence-corrected chi connectivity index (χ4v) is 1.84. The van der Waals surface area contributed by atoms with Gasteiger partial charge in [0.2, 0.25) is 5.78 Å². The van der Waals surface area contributed by atoms with Crippen molar-refractivity contribution in [3.63, 3.8) is 0 Å². The molecule has 0 atom stereocenters. The fraction of sp³-hybridized carbons (Fsp3) is 0.133. The zero-order chi connectivity index (χ0) is 15.4. The zero-order valence-corrected chi connectivity index (χ0v) is 11.4. The zero-order valence-electron chi connectivity index (χ0n) is 11.4. The molecule has 0 radical (unpaired) electrons. The van der Waals surface area contributed by atoms with Crippen molar-refractivity contribution in [3.05, 3.63) is 59.5 Å². The maximum absolute atomic E-state index is 11.1. The third-order valence-electron chi connectivity index (χ3n) is 2.87. The molecule has 0 aromatic heterocycles. The largest absolute Gasteiger partial charge is 0.504 e. The summed E-state index contributed by atoms with van der Waals surface area (Å²) in [6.45, 7) is 0.149. The Bertz CT molecular complexity index is 645. The molecule has 0 heterocycles. The first-order valence-electron chi connectivity index (χ1n) is 6.16. The van der Waals surface area contributed by atoms with Gasteiger partial charge >= 0.3 is 0 Å². The second kappa shape index (κ2) is 6.15. The highest BCUT2D eigenvalue weighted by atomic mass is 16.5. The smallest absolute Gasteiger partial charge is 0.220 e. The highest BCUT2D eigenvalue weighted by molar-refractivity contribution is 6.04. The monoisotopic (exact) mass is 289 g/mol.